The highest BCUT2D eigenvalue weighted by Gasteiger charge is 1.68. The van der Waals surface area contributed by atoms with Crippen LogP contribution in [-0.2, 0) is 0 Å². The average Bonchev–Trinajstić information content (AvgIpc) is 1.85. The number of hydrazone groups is 1. The monoisotopic (exact) mass is 142 g/mol. The summed E-state index contributed by atoms with van der Waals surface area (Å²) in [6.07, 6.45) is 2.92. The van der Waals surface area contributed by atoms with Crippen molar-refractivity contribution in [2.75, 3.05) is 7.05 Å². The summed E-state index contributed by atoms with van der Waals surface area (Å²) < 4.78 is 0. The van der Waals surface area contributed by atoms with E-state index >= 15 is 0 Å². The molecule has 2 nitrogen and oxygen atoms in total. The molecule has 0 rings (SSSR count). The van der Waals surface area contributed by atoms with E-state index in [2.05, 4.69) is 31.0 Å². The van der Waals surface area contributed by atoms with E-state index in [1.165, 1.54) is 6.42 Å². The molecule has 0 saturated heterocycles. The third-order valence-corrected chi connectivity index (χ3v) is 0.414. The highest BCUT2D eigenvalue weighted by molar-refractivity contribution is 5.76. The fourth-order valence-corrected chi connectivity index (χ4v) is 0.175. The molecule has 0 spiro atoms. The average molecular weight is 142 g/mol. The lowest BCUT2D eigenvalue weighted by molar-refractivity contribution is 0.907. The molecule has 0 aliphatic heterocycles. The van der Waals surface area contributed by atoms with Gasteiger partial charge in [0.05, 0.1) is 0 Å². The van der Waals surface area contributed by atoms with Gasteiger partial charge < -0.3 is 5.43 Å². The molecular formula is C8H18N2. The lowest BCUT2D eigenvalue weighted by Gasteiger charge is -1.83. The summed E-state index contributed by atoms with van der Waals surface area (Å²) in [6, 6.07) is 0. The summed E-state index contributed by atoms with van der Waals surface area (Å²) in [5.41, 5.74) is 3.56. The Morgan fingerprint density at radius 2 is 2.00 bits per heavy atom. The van der Waals surface area contributed by atoms with Crippen LogP contribution in [0.3, 0.4) is 0 Å². The van der Waals surface area contributed by atoms with Gasteiger partial charge in [0.25, 0.3) is 0 Å². The predicted octanol–water partition coefficient (Wildman–Crippen LogP) is 2.18. The second-order valence-electron chi connectivity index (χ2n) is 2.04. The zero-order valence-corrected chi connectivity index (χ0v) is 7.44. The van der Waals surface area contributed by atoms with Crippen molar-refractivity contribution in [3.63, 3.8) is 0 Å². The summed E-state index contributed by atoms with van der Waals surface area (Å²) in [7, 11) is 1.75. The van der Waals surface area contributed by atoms with Gasteiger partial charge in [0.15, 0.2) is 0 Å². The van der Waals surface area contributed by atoms with Gasteiger partial charge in [-0.2, -0.15) is 5.10 Å². The zero-order valence-electron chi connectivity index (χ0n) is 7.44. The van der Waals surface area contributed by atoms with Crippen LogP contribution in [0.1, 0.15) is 27.2 Å². The highest BCUT2D eigenvalue weighted by Crippen LogP contribution is 1.75. The Balaban J connectivity index is 0. The van der Waals surface area contributed by atoms with E-state index in [0.29, 0.717) is 0 Å². The third-order valence-electron chi connectivity index (χ3n) is 0.414. The number of hydrogen-bond donors (Lipinski definition) is 1. The van der Waals surface area contributed by atoms with Crippen molar-refractivity contribution < 1.29 is 0 Å². The predicted molar refractivity (Wildman–Crippen MR) is 48.3 cm³/mol. The van der Waals surface area contributed by atoms with Gasteiger partial charge in [0.1, 0.15) is 0 Å². The van der Waals surface area contributed by atoms with Crippen molar-refractivity contribution in [2.24, 2.45) is 5.10 Å². The van der Waals surface area contributed by atoms with Crippen molar-refractivity contribution >= 4 is 6.21 Å². The van der Waals surface area contributed by atoms with Crippen LogP contribution in [0, 0.1) is 0 Å². The molecule has 0 bridgehead atoms. The first-order valence-corrected chi connectivity index (χ1v) is 3.54. The van der Waals surface area contributed by atoms with Gasteiger partial charge in [-0.1, -0.05) is 26.8 Å². The van der Waals surface area contributed by atoms with Crippen molar-refractivity contribution in [2.45, 2.75) is 27.2 Å². The van der Waals surface area contributed by atoms with E-state index in [0.717, 1.165) is 5.57 Å². The second-order valence-corrected chi connectivity index (χ2v) is 2.04. The molecule has 0 unspecified atom stereocenters. The van der Waals surface area contributed by atoms with E-state index in [1.54, 1.807) is 13.3 Å². The van der Waals surface area contributed by atoms with Crippen molar-refractivity contribution in [1.29, 1.82) is 0 Å². The van der Waals surface area contributed by atoms with Crippen LogP contribution in [0.5, 0.6) is 0 Å². The van der Waals surface area contributed by atoms with Crippen LogP contribution >= 0.6 is 0 Å². The fourth-order valence-electron chi connectivity index (χ4n) is 0.175. The molecule has 0 amide bonds. The minimum Gasteiger partial charge on any atom is -0.313 e. The fraction of sp³-hybridized carbons (Fsp3) is 0.625. The third kappa shape index (κ3) is 27.0. The number of nitrogens with zero attached hydrogens (tertiary/aromatic N) is 1. The quantitative estimate of drug-likeness (QED) is 0.464. The molecule has 0 aromatic carbocycles. The van der Waals surface area contributed by atoms with Gasteiger partial charge in [-0.3, -0.25) is 0 Å². The summed E-state index contributed by atoms with van der Waals surface area (Å²) in [5, 5.41) is 3.70. The maximum absolute atomic E-state index is 3.70. The zero-order chi connectivity index (χ0) is 8.41. The van der Waals surface area contributed by atoms with Crippen LogP contribution in [0.2, 0.25) is 0 Å². The molecule has 0 aromatic heterocycles. The Morgan fingerprint density at radius 3 is 2.10 bits per heavy atom. The highest BCUT2D eigenvalue weighted by atomic mass is 15.3. The van der Waals surface area contributed by atoms with Gasteiger partial charge in [-0.25, -0.2) is 0 Å². The molecule has 10 heavy (non-hydrogen) atoms. The maximum Gasteiger partial charge on any atom is 0.0491 e. The van der Waals surface area contributed by atoms with Crippen molar-refractivity contribution in [3.05, 3.63) is 12.2 Å². The summed E-state index contributed by atoms with van der Waals surface area (Å²) in [4.78, 5) is 0. The second kappa shape index (κ2) is 11.1. The molecule has 0 saturated carbocycles. The number of hydrogen-bond acceptors (Lipinski definition) is 2. The largest absolute Gasteiger partial charge is 0.313 e. The van der Waals surface area contributed by atoms with E-state index in [1.807, 2.05) is 6.92 Å². The molecule has 2 heteroatoms. The van der Waals surface area contributed by atoms with Gasteiger partial charge in [0.2, 0.25) is 0 Å². The molecule has 60 valence electrons. The van der Waals surface area contributed by atoms with Gasteiger partial charge in [-0.15, -0.1) is 0 Å². The smallest absolute Gasteiger partial charge is 0.0491 e. The summed E-state index contributed by atoms with van der Waals surface area (Å²) in [6.45, 7) is 9.74. The first-order valence-electron chi connectivity index (χ1n) is 3.54. The maximum atomic E-state index is 3.70. The molecule has 0 aromatic rings. The van der Waals surface area contributed by atoms with Crippen LogP contribution in [0.25, 0.3) is 0 Å². The Bertz CT molecular complexity index is 95.4. The molecule has 0 aliphatic rings. The van der Waals surface area contributed by atoms with Crippen LogP contribution in [0.4, 0.5) is 0 Å². The Labute approximate surface area is 64.0 Å². The number of allylic oxidation sites excluding steroid dienone is 1. The van der Waals surface area contributed by atoms with E-state index in [9.17, 15) is 0 Å². The van der Waals surface area contributed by atoms with Crippen LogP contribution < -0.4 is 5.43 Å². The first-order chi connectivity index (χ1) is 4.68. The van der Waals surface area contributed by atoms with Gasteiger partial charge in [0, 0.05) is 13.3 Å². The topological polar surface area (TPSA) is 24.4 Å². The Kier molecular flexibility index (Phi) is 13.2. The SMILES string of the molecule is C=C(C)/C=N\NC.CCC. The normalized spacial score (nSPS) is 8.40. The van der Waals surface area contributed by atoms with Crippen molar-refractivity contribution in [3.8, 4) is 0 Å². The number of rotatable bonds is 2. The molecule has 1 N–H and O–H groups in total. The summed E-state index contributed by atoms with van der Waals surface area (Å²) >= 11 is 0. The molecule has 0 fully saturated rings. The molecule has 0 heterocycles. The van der Waals surface area contributed by atoms with Crippen LogP contribution in [0.15, 0.2) is 17.3 Å². The molecule has 0 aliphatic carbocycles. The van der Waals surface area contributed by atoms with Crippen LogP contribution in [-0.4, -0.2) is 13.3 Å². The van der Waals surface area contributed by atoms with Gasteiger partial charge >= 0.3 is 0 Å². The number of nitrogens with one attached hydrogen (secondary N) is 1. The minimum absolute atomic E-state index is 0.953. The van der Waals surface area contributed by atoms with E-state index in [4.69, 9.17) is 0 Å². The van der Waals surface area contributed by atoms with E-state index in [-0.39, 0.29) is 0 Å². The standard InChI is InChI=1S/C5H10N2.C3H8/c1-5(2)4-7-6-3;1-3-2/h4,6H,1H2,2-3H3;3H2,1-2H3/b7-4-;. The van der Waals surface area contributed by atoms with Gasteiger partial charge in [-0.05, 0) is 12.5 Å². The lowest BCUT2D eigenvalue weighted by atomic mass is 10.4. The molecular weight excluding hydrogens is 124 g/mol. The Morgan fingerprint density at radius 1 is 1.60 bits per heavy atom. The first kappa shape index (κ1) is 11.9. The minimum atomic E-state index is 0.953. The van der Waals surface area contributed by atoms with E-state index < -0.39 is 0 Å². The van der Waals surface area contributed by atoms with Crippen molar-refractivity contribution in [1.82, 2.24) is 5.43 Å². The summed E-state index contributed by atoms with van der Waals surface area (Å²) in [5.74, 6) is 0. The Hall–Kier alpha value is -0.790. The molecule has 0 atom stereocenters. The lowest BCUT2D eigenvalue weighted by Crippen LogP contribution is -1.93. The molecule has 0 radical (unpaired) electrons.